The highest BCUT2D eigenvalue weighted by molar-refractivity contribution is 6.20. The van der Waals surface area contributed by atoms with Crippen LogP contribution in [0.1, 0.15) is 0 Å². The fraction of sp³-hybridized carbons (Fsp3) is 0.667. The van der Waals surface area contributed by atoms with Crippen molar-refractivity contribution < 1.29 is 9.53 Å². The summed E-state index contributed by atoms with van der Waals surface area (Å²) in [4.78, 5) is 10.1. The van der Waals surface area contributed by atoms with Crippen molar-refractivity contribution >= 4 is 17.6 Å². The van der Waals surface area contributed by atoms with Crippen molar-refractivity contribution in [2.75, 3.05) is 6.54 Å². The van der Waals surface area contributed by atoms with Gasteiger partial charge in [-0.3, -0.25) is 10.1 Å². The Labute approximate surface area is 45.6 Å². The van der Waals surface area contributed by atoms with E-state index in [1.54, 1.807) is 0 Å². The van der Waals surface area contributed by atoms with E-state index >= 15 is 0 Å². The average Bonchev–Trinajstić information content (AvgIpc) is 1.87. The van der Waals surface area contributed by atoms with Crippen molar-refractivity contribution in [3.05, 3.63) is 0 Å². The molecule has 0 saturated carbocycles. The molecule has 0 radical (unpaired) electrons. The monoisotopic (exact) mass is 121 g/mol. The van der Waals surface area contributed by atoms with Gasteiger partial charge in [0, 0.05) is 0 Å². The molecule has 0 aliphatic carbocycles. The Hall–Kier alpha value is -0.280. The van der Waals surface area contributed by atoms with Crippen LogP contribution in [0.25, 0.3) is 0 Å². The molecule has 1 aliphatic rings. The minimum Gasteiger partial charge on any atom is -0.431 e. The molecule has 0 aromatic rings. The van der Waals surface area contributed by atoms with Gasteiger partial charge in [-0.15, -0.1) is 0 Å². The maximum atomic E-state index is 10.1. The van der Waals surface area contributed by atoms with Gasteiger partial charge in [0.1, 0.15) is 0 Å². The van der Waals surface area contributed by atoms with Gasteiger partial charge in [-0.2, -0.15) is 0 Å². The minimum atomic E-state index is -0.604. The molecular formula is C3H4ClNO2. The molecule has 1 heterocycles. The predicted octanol–water partition coefficient (Wildman–Crippen LogP) is -0.345. The lowest BCUT2D eigenvalue weighted by Gasteiger charge is -1.93. The Kier molecular flexibility index (Phi) is 1.17. The summed E-state index contributed by atoms with van der Waals surface area (Å²) in [5, 5.41) is 2.56. The normalized spacial score (nSPS) is 30.4. The Bertz CT molecular complexity index is 94.9. The van der Waals surface area contributed by atoms with Crippen LogP contribution in [0.4, 0.5) is 0 Å². The van der Waals surface area contributed by atoms with Crippen LogP contribution in [0.3, 0.4) is 0 Å². The molecule has 40 valence electrons. The van der Waals surface area contributed by atoms with Gasteiger partial charge in [0.2, 0.25) is 5.69 Å². The second-order valence-corrected chi connectivity index (χ2v) is 1.58. The first-order chi connectivity index (χ1) is 3.29. The van der Waals surface area contributed by atoms with Gasteiger partial charge in [-0.1, -0.05) is 11.6 Å². The van der Waals surface area contributed by atoms with Crippen LogP contribution >= 0.6 is 11.6 Å². The molecule has 4 heteroatoms. The highest BCUT2D eigenvalue weighted by Gasteiger charge is 2.18. The highest BCUT2D eigenvalue weighted by atomic mass is 35.5. The first-order valence-electron chi connectivity index (χ1n) is 1.86. The third-order valence-corrected chi connectivity index (χ3v) is 0.885. The van der Waals surface area contributed by atoms with Crippen LogP contribution in [-0.2, 0) is 9.53 Å². The number of ether oxygens (including phenoxy) is 1. The van der Waals surface area contributed by atoms with Crippen molar-refractivity contribution in [3.63, 3.8) is 0 Å². The van der Waals surface area contributed by atoms with Crippen LogP contribution < -0.4 is 5.32 Å². The number of alkyl halides is 1. The van der Waals surface area contributed by atoms with Gasteiger partial charge in [-0.05, 0) is 0 Å². The molecule has 0 aromatic heterocycles. The van der Waals surface area contributed by atoms with E-state index in [0.717, 1.165) is 0 Å². The fourth-order valence-corrected chi connectivity index (χ4v) is 0.539. The fourth-order valence-electron chi connectivity index (χ4n) is 0.362. The Morgan fingerprint density at radius 3 is 2.86 bits per heavy atom. The zero-order valence-corrected chi connectivity index (χ0v) is 4.23. The zero-order chi connectivity index (χ0) is 5.28. The molecular weight excluding hydrogens is 117 g/mol. The number of rotatable bonds is 0. The maximum Gasteiger partial charge on any atom is 0.322 e. The molecule has 7 heavy (non-hydrogen) atoms. The van der Waals surface area contributed by atoms with Crippen molar-refractivity contribution in [2.45, 2.75) is 5.69 Å². The molecule has 1 saturated heterocycles. The topological polar surface area (TPSA) is 38.3 Å². The second kappa shape index (κ2) is 1.68. The van der Waals surface area contributed by atoms with Crippen LogP contribution in [0.5, 0.6) is 0 Å². The SMILES string of the molecule is O=C1CN[C@@H](Cl)O1. The standard InChI is InChI=1S/C3H4ClNO2/c4-3-5-1-2(6)7-3/h3,5H,1H2/t3-/m1/s1. The quantitative estimate of drug-likeness (QED) is 0.271. The molecule has 1 rings (SSSR count). The second-order valence-electron chi connectivity index (χ2n) is 1.19. The molecule has 0 amide bonds. The first kappa shape index (κ1) is 4.87. The van der Waals surface area contributed by atoms with Gasteiger partial charge in [0.15, 0.2) is 0 Å². The number of hydrogen-bond acceptors (Lipinski definition) is 3. The third-order valence-electron chi connectivity index (χ3n) is 0.642. The number of esters is 1. The van der Waals surface area contributed by atoms with Gasteiger partial charge >= 0.3 is 5.97 Å². The van der Waals surface area contributed by atoms with E-state index in [-0.39, 0.29) is 12.5 Å². The van der Waals surface area contributed by atoms with Crippen molar-refractivity contribution in [2.24, 2.45) is 0 Å². The molecule has 0 bridgehead atoms. The zero-order valence-electron chi connectivity index (χ0n) is 3.48. The largest absolute Gasteiger partial charge is 0.431 e. The van der Waals surface area contributed by atoms with Crippen molar-refractivity contribution in [1.29, 1.82) is 0 Å². The highest BCUT2D eigenvalue weighted by Crippen LogP contribution is 1.99. The van der Waals surface area contributed by atoms with Crippen LogP contribution in [0.2, 0.25) is 0 Å². The maximum absolute atomic E-state index is 10.1. The number of nitrogens with one attached hydrogen (secondary N) is 1. The van der Waals surface area contributed by atoms with E-state index in [1.165, 1.54) is 0 Å². The third kappa shape index (κ3) is 1.04. The smallest absolute Gasteiger partial charge is 0.322 e. The van der Waals surface area contributed by atoms with E-state index in [1.807, 2.05) is 0 Å². The van der Waals surface area contributed by atoms with E-state index in [4.69, 9.17) is 11.6 Å². The summed E-state index contributed by atoms with van der Waals surface area (Å²) in [7, 11) is 0. The van der Waals surface area contributed by atoms with E-state index < -0.39 is 5.69 Å². The number of cyclic esters (lactones) is 1. The van der Waals surface area contributed by atoms with E-state index in [2.05, 4.69) is 10.1 Å². The molecule has 1 fully saturated rings. The molecule has 0 unspecified atom stereocenters. The molecule has 1 aliphatic heterocycles. The Balaban J connectivity index is 2.40. The lowest BCUT2D eigenvalue weighted by Crippen LogP contribution is -2.14. The summed E-state index contributed by atoms with van der Waals surface area (Å²) in [5.41, 5.74) is -0.604. The summed E-state index contributed by atoms with van der Waals surface area (Å²) in [6.07, 6.45) is 0. The van der Waals surface area contributed by atoms with Gasteiger partial charge in [0.25, 0.3) is 0 Å². The Morgan fingerprint density at radius 2 is 2.71 bits per heavy atom. The van der Waals surface area contributed by atoms with E-state index in [9.17, 15) is 4.79 Å². The number of hydrogen-bond donors (Lipinski definition) is 1. The summed E-state index contributed by atoms with van der Waals surface area (Å²) in [6.45, 7) is 0.230. The van der Waals surface area contributed by atoms with E-state index in [0.29, 0.717) is 0 Å². The summed E-state index contributed by atoms with van der Waals surface area (Å²) < 4.78 is 4.38. The van der Waals surface area contributed by atoms with Crippen LogP contribution in [0, 0.1) is 0 Å². The van der Waals surface area contributed by atoms with Crippen molar-refractivity contribution in [3.8, 4) is 0 Å². The van der Waals surface area contributed by atoms with Gasteiger partial charge in [-0.25, -0.2) is 0 Å². The molecule has 1 N–H and O–H groups in total. The van der Waals surface area contributed by atoms with Gasteiger partial charge in [0.05, 0.1) is 6.54 Å². The van der Waals surface area contributed by atoms with Crippen LogP contribution in [0.15, 0.2) is 0 Å². The van der Waals surface area contributed by atoms with Crippen molar-refractivity contribution in [1.82, 2.24) is 5.32 Å². The van der Waals surface area contributed by atoms with Crippen LogP contribution in [-0.4, -0.2) is 18.2 Å². The average molecular weight is 122 g/mol. The van der Waals surface area contributed by atoms with Gasteiger partial charge < -0.3 is 4.74 Å². The first-order valence-corrected chi connectivity index (χ1v) is 2.29. The summed E-state index contributed by atoms with van der Waals surface area (Å²) in [5.74, 6) is -0.292. The summed E-state index contributed by atoms with van der Waals surface area (Å²) >= 11 is 5.25. The number of carbonyl (C=O) groups is 1. The Morgan fingerprint density at radius 1 is 2.00 bits per heavy atom. The predicted molar refractivity (Wildman–Crippen MR) is 23.7 cm³/mol. The lowest BCUT2D eigenvalue weighted by molar-refractivity contribution is -0.138. The number of halogens is 1. The number of carbonyl (C=O) groups excluding carboxylic acids is 1. The molecule has 3 nitrogen and oxygen atoms in total. The lowest BCUT2D eigenvalue weighted by atomic mass is 10.7. The summed E-state index contributed by atoms with van der Waals surface area (Å²) in [6, 6.07) is 0. The molecule has 0 aromatic carbocycles. The molecule has 0 spiro atoms. The minimum absolute atomic E-state index is 0.230. The molecule has 1 atom stereocenters.